The molecule has 1 aliphatic heterocycles. The Balaban J connectivity index is 1.42. The molecule has 4 heteroatoms. The van der Waals surface area contributed by atoms with E-state index in [9.17, 15) is 4.79 Å². The molecule has 1 N–H and O–H groups in total. The second-order valence-electron chi connectivity index (χ2n) is 6.46. The van der Waals surface area contributed by atoms with Crippen molar-refractivity contribution in [1.82, 2.24) is 0 Å². The van der Waals surface area contributed by atoms with Crippen LogP contribution in [-0.2, 0) is 13.0 Å². The van der Waals surface area contributed by atoms with Crippen LogP contribution >= 0.6 is 15.9 Å². The summed E-state index contributed by atoms with van der Waals surface area (Å²) < 4.78 is 0.989. The molecule has 0 atom stereocenters. The smallest absolute Gasteiger partial charge is 0.255 e. The first kappa shape index (κ1) is 16.9. The number of fused-ring (bicyclic) bond motifs is 1. The van der Waals surface area contributed by atoms with Gasteiger partial charge in [-0.3, -0.25) is 4.79 Å². The average Bonchev–Trinajstić information content (AvgIpc) is 3.07. The van der Waals surface area contributed by atoms with Crippen molar-refractivity contribution in [3.05, 3.63) is 94.0 Å². The highest BCUT2D eigenvalue weighted by atomic mass is 79.9. The van der Waals surface area contributed by atoms with Gasteiger partial charge in [-0.05, 0) is 60.0 Å². The van der Waals surface area contributed by atoms with Crippen molar-refractivity contribution in [1.29, 1.82) is 0 Å². The normalized spacial score (nSPS) is 12.7. The monoisotopic (exact) mass is 406 g/mol. The third kappa shape index (κ3) is 3.65. The van der Waals surface area contributed by atoms with Crippen LogP contribution in [-0.4, -0.2) is 12.5 Å². The molecule has 0 aliphatic carbocycles. The lowest BCUT2D eigenvalue weighted by Gasteiger charge is -2.19. The fourth-order valence-corrected chi connectivity index (χ4v) is 3.55. The van der Waals surface area contributed by atoms with Gasteiger partial charge in [0, 0.05) is 34.5 Å². The van der Waals surface area contributed by atoms with Crippen molar-refractivity contribution in [2.75, 3.05) is 16.8 Å². The Morgan fingerprint density at radius 3 is 2.46 bits per heavy atom. The Kier molecular flexibility index (Phi) is 4.76. The molecule has 4 rings (SSSR count). The highest BCUT2D eigenvalue weighted by Gasteiger charge is 2.18. The van der Waals surface area contributed by atoms with Crippen molar-refractivity contribution >= 4 is 33.2 Å². The number of carbonyl (C=O) groups is 1. The van der Waals surface area contributed by atoms with E-state index in [1.807, 2.05) is 48.5 Å². The number of benzene rings is 3. The summed E-state index contributed by atoms with van der Waals surface area (Å²) in [5, 5.41) is 2.92. The second kappa shape index (κ2) is 7.34. The SMILES string of the molecule is O=C(Nc1ccc(Br)cc1)c1ccc(CN2CCc3ccccc32)cc1. The van der Waals surface area contributed by atoms with E-state index in [-0.39, 0.29) is 5.91 Å². The fourth-order valence-electron chi connectivity index (χ4n) is 3.29. The molecule has 0 radical (unpaired) electrons. The molecule has 0 fully saturated rings. The lowest BCUT2D eigenvalue weighted by atomic mass is 10.1. The van der Waals surface area contributed by atoms with Gasteiger partial charge in [0.1, 0.15) is 0 Å². The van der Waals surface area contributed by atoms with Crippen LogP contribution in [0, 0.1) is 0 Å². The number of carbonyl (C=O) groups excluding carboxylic acids is 1. The van der Waals surface area contributed by atoms with Crippen molar-refractivity contribution in [3.63, 3.8) is 0 Å². The minimum atomic E-state index is -0.0922. The summed E-state index contributed by atoms with van der Waals surface area (Å²) in [7, 11) is 0. The first-order valence-electron chi connectivity index (χ1n) is 8.68. The highest BCUT2D eigenvalue weighted by Crippen LogP contribution is 2.28. The van der Waals surface area contributed by atoms with Gasteiger partial charge in [-0.2, -0.15) is 0 Å². The summed E-state index contributed by atoms with van der Waals surface area (Å²) in [6.45, 7) is 1.91. The molecule has 3 aromatic carbocycles. The maximum Gasteiger partial charge on any atom is 0.255 e. The van der Waals surface area contributed by atoms with Crippen molar-refractivity contribution < 1.29 is 4.79 Å². The summed E-state index contributed by atoms with van der Waals surface area (Å²) in [6, 6.07) is 24.0. The van der Waals surface area contributed by atoms with Gasteiger partial charge in [-0.25, -0.2) is 0 Å². The van der Waals surface area contributed by atoms with Gasteiger partial charge in [-0.1, -0.05) is 46.3 Å². The molecule has 0 bridgehead atoms. The third-order valence-electron chi connectivity index (χ3n) is 4.68. The van der Waals surface area contributed by atoms with Crippen molar-refractivity contribution in [2.24, 2.45) is 0 Å². The molecule has 1 heterocycles. The van der Waals surface area contributed by atoms with Crippen LogP contribution in [0.2, 0.25) is 0 Å². The zero-order valence-corrected chi connectivity index (χ0v) is 15.9. The van der Waals surface area contributed by atoms with Crippen LogP contribution in [0.5, 0.6) is 0 Å². The van der Waals surface area contributed by atoms with Gasteiger partial charge >= 0.3 is 0 Å². The molecule has 3 nitrogen and oxygen atoms in total. The predicted molar refractivity (Wildman–Crippen MR) is 110 cm³/mol. The topological polar surface area (TPSA) is 32.3 Å². The summed E-state index contributed by atoms with van der Waals surface area (Å²) in [5.41, 5.74) is 5.40. The minimum Gasteiger partial charge on any atom is -0.367 e. The maximum atomic E-state index is 12.4. The molecule has 0 saturated carbocycles. The highest BCUT2D eigenvalue weighted by molar-refractivity contribution is 9.10. The molecule has 0 spiro atoms. The first-order chi connectivity index (χ1) is 12.7. The summed E-state index contributed by atoms with van der Waals surface area (Å²) >= 11 is 3.39. The number of halogens is 1. The van der Waals surface area contributed by atoms with Crippen molar-refractivity contribution in [3.8, 4) is 0 Å². The Morgan fingerprint density at radius 2 is 1.69 bits per heavy atom. The summed E-state index contributed by atoms with van der Waals surface area (Å²) in [4.78, 5) is 14.8. The van der Waals surface area contributed by atoms with Crippen LogP contribution in [0.1, 0.15) is 21.5 Å². The number of anilines is 2. The average molecular weight is 407 g/mol. The number of rotatable bonds is 4. The lowest BCUT2D eigenvalue weighted by molar-refractivity contribution is 0.102. The van der Waals surface area contributed by atoms with Crippen LogP contribution < -0.4 is 10.2 Å². The van der Waals surface area contributed by atoms with E-state index in [4.69, 9.17) is 0 Å². The van der Waals surface area contributed by atoms with E-state index < -0.39 is 0 Å². The molecule has 0 aromatic heterocycles. The quantitative estimate of drug-likeness (QED) is 0.640. The number of nitrogens with one attached hydrogen (secondary N) is 1. The van der Waals surface area contributed by atoms with E-state index in [2.05, 4.69) is 50.4 Å². The Morgan fingerprint density at radius 1 is 0.962 bits per heavy atom. The Hall–Kier alpha value is -2.59. The zero-order valence-electron chi connectivity index (χ0n) is 14.3. The molecule has 1 aliphatic rings. The summed E-state index contributed by atoms with van der Waals surface area (Å²) in [6.07, 6.45) is 1.10. The predicted octanol–water partition coefficient (Wildman–Crippen LogP) is 5.26. The largest absolute Gasteiger partial charge is 0.367 e. The Bertz CT molecular complexity index is 920. The van der Waals surface area contributed by atoms with Crippen LogP contribution in [0.25, 0.3) is 0 Å². The van der Waals surface area contributed by atoms with Gasteiger partial charge in [0.15, 0.2) is 0 Å². The first-order valence-corrected chi connectivity index (χ1v) is 9.47. The van der Waals surface area contributed by atoms with E-state index >= 15 is 0 Å². The molecule has 0 saturated heterocycles. The fraction of sp³-hybridized carbons (Fsp3) is 0.136. The minimum absolute atomic E-state index is 0.0922. The van der Waals surface area contributed by atoms with Gasteiger partial charge < -0.3 is 10.2 Å². The van der Waals surface area contributed by atoms with Gasteiger partial charge in [0.25, 0.3) is 5.91 Å². The molecular formula is C22H19BrN2O. The third-order valence-corrected chi connectivity index (χ3v) is 5.20. The van der Waals surface area contributed by atoms with Crippen LogP contribution in [0.3, 0.4) is 0 Å². The van der Waals surface area contributed by atoms with Gasteiger partial charge in [0.2, 0.25) is 0 Å². The van der Waals surface area contributed by atoms with Crippen LogP contribution in [0.15, 0.2) is 77.3 Å². The standard InChI is InChI=1S/C22H19BrN2O/c23-19-9-11-20(12-10-19)24-22(26)18-7-5-16(6-8-18)15-25-14-13-17-3-1-2-4-21(17)25/h1-12H,13-15H2,(H,24,26). The maximum absolute atomic E-state index is 12.4. The zero-order chi connectivity index (χ0) is 17.9. The molecule has 1 amide bonds. The van der Waals surface area contributed by atoms with E-state index in [1.165, 1.54) is 16.8 Å². The molecule has 0 unspecified atom stereocenters. The van der Waals surface area contributed by atoms with E-state index in [0.29, 0.717) is 5.56 Å². The van der Waals surface area contributed by atoms with Crippen LogP contribution in [0.4, 0.5) is 11.4 Å². The van der Waals surface area contributed by atoms with Crippen molar-refractivity contribution in [2.45, 2.75) is 13.0 Å². The summed E-state index contributed by atoms with van der Waals surface area (Å²) in [5.74, 6) is -0.0922. The Labute approximate surface area is 161 Å². The number of amides is 1. The second-order valence-corrected chi connectivity index (χ2v) is 7.37. The molecule has 130 valence electrons. The number of hydrogen-bond acceptors (Lipinski definition) is 2. The number of nitrogens with zero attached hydrogens (tertiary/aromatic N) is 1. The van der Waals surface area contributed by atoms with E-state index in [1.54, 1.807) is 0 Å². The molecule has 3 aromatic rings. The lowest BCUT2D eigenvalue weighted by Crippen LogP contribution is -2.19. The molecule has 26 heavy (non-hydrogen) atoms. The molecular weight excluding hydrogens is 388 g/mol. The number of hydrogen-bond donors (Lipinski definition) is 1. The van der Waals surface area contributed by atoms with E-state index in [0.717, 1.165) is 29.7 Å². The van der Waals surface area contributed by atoms with Gasteiger partial charge in [-0.15, -0.1) is 0 Å². The van der Waals surface area contributed by atoms with Gasteiger partial charge in [0.05, 0.1) is 0 Å². The number of para-hydroxylation sites is 1.